The average molecular weight is 491 g/mol. The number of aliphatic hydroxyl groups excluding tert-OH is 1. The van der Waals surface area contributed by atoms with Gasteiger partial charge in [0, 0.05) is 36.9 Å². The van der Waals surface area contributed by atoms with E-state index in [4.69, 9.17) is 16.3 Å². The van der Waals surface area contributed by atoms with E-state index < -0.39 is 17.7 Å². The van der Waals surface area contributed by atoms with Crippen LogP contribution in [0, 0.1) is 0 Å². The molecule has 3 aromatic carbocycles. The first-order valence-electron chi connectivity index (χ1n) is 11.2. The number of rotatable bonds is 7. The molecule has 0 saturated carbocycles. The molecule has 1 aliphatic heterocycles. The fourth-order valence-corrected chi connectivity index (χ4v) is 4.36. The van der Waals surface area contributed by atoms with E-state index in [-0.39, 0.29) is 11.3 Å². The van der Waals surface area contributed by atoms with Gasteiger partial charge in [0.25, 0.3) is 11.7 Å². The normalized spacial score (nSPS) is 17.0. The average Bonchev–Trinajstić information content (AvgIpc) is 3.13. The van der Waals surface area contributed by atoms with Crippen molar-refractivity contribution in [2.24, 2.45) is 0 Å². The van der Waals surface area contributed by atoms with Crippen molar-refractivity contribution in [2.45, 2.75) is 12.5 Å². The minimum absolute atomic E-state index is 0.0666. The number of Topliss-reactive ketones (excluding diaryl/α,β-unsaturated/α-hetero) is 1. The lowest BCUT2D eigenvalue weighted by atomic mass is 9.95. The highest BCUT2D eigenvalue weighted by atomic mass is 35.5. The molecule has 1 amide bonds. The van der Waals surface area contributed by atoms with Gasteiger partial charge in [-0.15, -0.1) is 0 Å². The van der Waals surface area contributed by atoms with Crippen molar-refractivity contribution in [3.63, 3.8) is 0 Å². The van der Waals surface area contributed by atoms with Gasteiger partial charge in [-0.05, 0) is 53.9 Å². The molecule has 1 unspecified atom stereocenters. The third-order valence-corrected chi connectivity index (χ3v) is 6.41. The second kappa shape index (κ2) is 10.2. The predicted octanol–water partition coefficient (Wildman–Crippen LogP) is 5.08. The first-order valence-corrected chi connectivity index (χ1v) is 11.6. The number of ether oxygens (including phenoxy) is 1. The number of anilines is 1. The maximum Gasteiger partial charge on any atom is 0.295 e. The van der Waals surface area contributed by atoms with E-state index in [1.807, 2.05) is 55.4 Å². The lowest BCUT2D eigenvalue weighted by Crippen LogP contribution is -2.31. The largest absolute Gasteiger partial charge is 0.507 e. The zero-order valence-corrected chi connectivity index (χ0v) is 20.6. The van der Waals surface area contributed by atoms with Gasteiger partial charge in [-0.25, -0.2) is 0 Å². The van der Waals surface area contributed by atoms with Crippen LogP contribution in [0.2, 0.25) is 5.02 Å². The van der Waals surface area contributed by atoms with E-state index in [2.05, 4.69) is 0 Å². The molecule has 1 fully saturated rings. The molecule has 1 N–H and O–H groups in total. The second-order valence-electron chi connectivity index (χ2n) is 8.59. The van der Waals surface area contributed by atoms with Gasteiger partial charge in [-0.3, -0.25) is 9.59 Å². The Labute approximate surface area is 210 Å². The minimum atomic E-state index is -0.718. The number of amides is 1. The van der Waals surface area contributed by atoms with Crippen LogP contribution in [0.25, 0.3) is 5.76 Å². The number of benzene rings is 3. The molecule has 35 heavy (non-hydrogen) atoms. The van der Waals surface area contributed by atoms with E-state index in [9.17, 15) is 14.7 Å². The molecule has 1 aliphatic rings. The Kier molecular flexibility index (Phi) is 7.12. The number of hydrogen-bond donors (Lipinski definition) is 1. The fraction of sp³-hybridized carbons (Fsp3) is 0.214. The highest BCUT2D eigenvalue weighted by Crippen LogP contribution is 2.40. The summed E-state index contributed by atoms with van der Waals surface area (Å²) < 4.78 is 5.27. The van der Waals surface area contributed by atoms with E-state index in [0.29, 0.717) is 29.3 Å². The van der Waals surface area contributed by atoms with Crippen molar-refractivity contribution in [1.82, 2.24) is 4.90 Å². The minimum Gasteiger partial charge on any atom is -0.507 e. The molecule has 1 heterocycles. The lowest BCUT2D eigenvalue weighted by Gasteiger charge is -2.26. The Morgan fingerprint density at radius 2 is 1.71 bits per heavy atom. The van der Waals surface area contributed by atoms with Gasteiger partial charge in [0.2, 0.25) is 0 Å². The summed E-state index contributed by atoms with van der Waals surface area (Å²) in [6.45, 7) is 0.307. The smallest absolute Gasteiger partial charge is 0.295 e. The summed E-state index contributed by atoms with van der Waals surface area (Å²) in [6.07, 6.45) is 0.537. The topological polar surface area (TPSA) is 70.1 Å². The zero-order valence-electron chi connectivity index (χ0n) is 19.9. The molecular weight excluding hydrogens is 464 g/mol. The number of methoxy groups -OCH3 is 1. The predicted molar refractivity (Wildman–Crippen MR) is 138 cm³/mol. The van der Waals surface area contributed by atoms with E-state index in [0.717, 1.165) is 16.8 Å². The van der Waals surface area contributed by atoms with Crippen molar-refractivity contribution in [1.29, 1.82) is 0 Å². The number of carbonyl (C=O) groups excluding carboxylic acids is 2. The molecule has 6 nitrogen and oxygen atoms in total. The van der Waals surface area contributed by atoms with Crippen LogP contribution in [0.4, 0.5) is 5.69 Å². The van der Waals surface area contributed by atoms with Crippen LogP contribution in [-0.2, 0) is 16.0 Å². The van der Waals surface area contributed by atoms with Gasteiger partial charge in [0.15, 0.2) is 0 Å². The molecule has 0 spiro atoms. The summed E-state index contributed by atoms with van der Waals surface area (Å²) in [7, 11) is 5.41. The number of likely N-dealkylation sites (tertiary alicyclic amines) is 1. The summed E-state index contributed by atoms with van der Waals surface area (Å²) in [5, 5.41) is 11.9. The standard InChI is InChI=1S/C28H27ClN2O4/c1-30(2)22-13-9-19(10-14-22)25-24(26(32)20-5-4-6-23(17-20)35-3)27(33)28(34)31(25)16-15-18-7-11-21(29)12-8-18/h4-14,17,25,32H,15-16H2,1-3H3/b26-24-. The second-order valence-corrected chi connectivity index (χ2v) is 9.02. The third kappa shape index (κ3) is 5.03. The number of carbonyl (C=O) groups is 2. The molecule has 180 valence electrons. The van der Waals surface area contributed by atoms with Crippen molar-refractivity contribution < 1.29 is 19.4 Å². The Hall–Kier alpha value is -3.77. The van der Waals surface area contributed by atoms with Gasteiger partial charge in [-0.2, -0.15) is 0 Å². The molecule has 4 rings (SSSR count). The molecular formula is C28H27ClN2O4. The number of ketones is 1. The summed E-state index contributed by atoms with van der Waals surface area (Å²) in [6, 6.07) is 21.1. The van der Waals surface area contributed by atoms with E-state index in [1.165, 1.54) is 12.0 Å². The highest BCUT2D eigenvalue weighted by molar-refractivity contribution is 6.46. The van der Waals surface area contributed by atoms with Crippen molar-refractivity contribution in [3.05, 3.63) is 100 Å². The number of hydrogen-bond acceptors (Lipinski definition) is 5. The van der Waals surface area contributed by atoms with Crippen LogP contribution >= 0.6 is 11.6 Å². The molecule has 0 aromatic heterocycles. The highest BCUT2D eigenvalue weighted by Gasteiger charge is 2.45. The van der Waals surface area contributed by atoms with Gasteiger partial charge in [0.05, 0.1) is 18.7 Å². The summed E-state index contributed by atoms with van der Waals surface area (Å²) in [5.41, 5.74) is 3.20. The van der Waals surface area contributed by atoms with Crippen molar-refractivity contribution in [3.8, 4) is 5.75 Å². The van der Waals surface area contributed by atoms with Gasteiger partial charge < -0.3 is 19.6 Å². The van der Waals surface area contributed by atoms with Crippen molar-refractivity contribution in [2.75, 3.05) is 32.6 Å². The van der Waals surface area contributed by atoms with Crippen LogP contribution in [0.3, 0.4) is 0 Å². The van der Waals surface area contributed by atoms with Gasteiger partial charge in [-0.1, -0.05) is 48.0 Å². The van der Waals surface area contributed by atoms with Gasteiger partial charge >= 0.3 is 0 Å². The first kappa shape index (κ1) is 24.4. The first-order chi connectivity index (χ1) is 16.8. The number of halogens is 1. The Bertz CT molecular complexity index is 1270. The quantitative estimate of drug-likeness (QED) is 0.284. The summed E-state index contributed by atoms with van der Waals surface area (Å²) in [5.74, 6) is -1.02. The van der Waals surface area contributed by atoms with E-state index >= 15 is 0 Å². The number of nitrogens with zero attached hydrogens (tertiary/aromatic N) is 2. The molecule has 0 radical (unpaired) electrons. The fourth-order valence-electron chi connectivity index (χ4n) is 4.24. The molecule has 0 bridgehead atoms. The third-order valence-electron chi connectivity index (χ3n) is 6.16. The maximum atomic E-state index is 13.2. The van der Waals surface area contributed by atoms with Crippen LogP contribution in [0.1, 0.15) is 22.7 Å². The van der Waals surface area contributed by atoms with Crippen LogP contribution < -0.4 is 9.64 Å². The zero-order chi connectivity index (χ0) is 25.1. The molecule has 7 heteroatoms. The molecule has 3 aromatic rings. The molecule has 0 aliphatic carbocycles. The lowest BCUT2D eigenvalue weighted by molar-refractivity contribution is -0.139. The van der Waals surface area contributed by atoms with Crippen LogP contribution in [0.15, 0.2) is 78.4 Å². The van der Waals surface area contributed by atoms with Crippen molar-refractivity contribution >= 4 is 34.7 Å². The monoisotopic (exact) mass is 490 g/mol. The van der Waals surface area contributed by atoms with E-state index in [1.54, 1.807) is 36.4 Å². The Morgan fingerprint density at radius 3 is 2.34 bits per heavy atom. The summed E-state index contributed by atoms with van der Waals surface area (Å²) >= 11 is 6.00. The maximum absolute atomic E-state index is 13.2. The SMILES string of the molecule is COc1cccc(/C(O)=C2/C(=O)C(=O)N(CCc3ccc(Cl)cc3)C2c2ccc(N(C)C)cc2)c1. The Balaban J connectivity index is 1.78. The number of aliphatic hydroxyl groups is 1. The Morgan fingerprint density at radius 1 is 1.03 bits per heavy atom. The summed E-state index contributed by atoms with van der Waals surface area (Å²) in [4.78, 5) is 29.9. The van der Waals surface area contributed by atoms with Crippen LogP contribution in [0.5, 0.6) is 5.75 Å². The van der Waals surface area contributed by atoms with Crippen LogP contribution in [-0.4, -0.2) is 49.4 Å². The molecule has 1 saturated heterocycles. The molecule has 1 atom stereocenters. The van der Waals surface area contributed by atoms with Gasteiger partial charge in [0.1, 0.15) is 11.5 Å².